The minimum atomic E-state index is -0.752. The van der Waals surface area contributed by atoms with Crippen molar-refractivity contribution in [3.05, 3.63) is 29.8 Å². The Kier molecular flexibility index (Phi) is 6.52. The number of carboxylic acids is 1. The molecule has 0 bridgehead atoms. The van der Waals surface area contributed by atoms with Crippen LogP contribution in [0, 0.1) is 5.41 Å². The SMILES string of the molecule is CC(C)(CCCCOc1ccc(CCO)cc1)C(=O)O. The Morgan fingerprint density at radius 1 is 1.20 bits per heavy atom. The van der Waals surface area contributed by atoms with Crippen LogP contribution in [0.3, 0.4) is 0 Å². The first-order valence-corrected chi connectivity index (χ1v) is 7.02. The number of ether oxygens (including phenoxy) is 1. The van der Waals surface area contributed by atoms with E-state index in [4.69, 9.17) is 14.9 Å². The van der Waals surface area contributed by atoms with E-state index in [1.165, 1.54) is 0 Å². The zero-order valence-corrected chi connectivity index (χ0v) is 12.3. The topological polar surface area (TPSA) is 66.8 Å². The monoisotopic (exact) mass is 280 g/mol. The molecule has 0 saturated carbocycles. The van der Waals surface area contributed by atoms with Gasteiger partial charge in [0.05, 0.1) is 12.0 Å². The summed E-state index contributed by atoms with van der Waals surface area (Å²) in [6.45, 7) is 4.24. The number of aliphatic hydroxyl groups is 1. The number of hydrogen-bond acceptors (Lipinski definition) is 3. The summed E-state index contributed by atoms with van der Waals surface area (Å²) < 4.78 is 5.60. The maximum absolute atomic E-state index is 10.9. The second-order valence-electron chi connectivity index (χ2n) is 5.61. The average Bonchev–Trinajstić information content (AvgIpc) is 2.40. The van der Waals surface area contributed by atoms with Gasteiger partial charge in [0.1, 0.15) is 5.75 Å². The molecule has 112 valence electrons. The number of aliphatic hydroxyl groups excluding tert-OH is 1. The molecule has 0 fully saturated rings. The lowest BCUT2D eigenvalue weighted by atomic mass is 9.87. The lowest BCUT2D eigenvalue weighted by Crippen LogP contribution is -2.23. The molecular formula is C16H24O4. The molecular weight excluding hydrogens is 256 g/mol. The summed E-state index contributed by atoms with van der Waals surface area (Å²) in [6, 6.07) is 7.68. The molecule has 0 radical (unpaired) electrons. The lowest BCUT2D eigenvalue weighted by Gasteiger charge is -2.18. The summed E-state index contributed by atoms with van der Waals surface area (Å²) in [5.41, 5.74) is 0.425. The van der Waals surface area contributed by atoms with Gasteiger partial charge in [-0.25, -0.2) is 0 Å². The van der Waals surface area contributed by atoms with E-state index in [0.29, 0.717) is 19.4 Å². The first-order chi connectivity index (χ1) is 9.45. The van der Waals surface area contributed by atoms with Crippen LogP contribution in [0.4, 0.5) is 0 Å². The fourth-order valence-corrected chi connectivity index (χ4v) is 1.85. The molecule has 0 saturated heterocycles. The van der Waals surface area contributed by atoms with E-state index in [1.807, 2.05) is 24.3 Å². The van der Waals surface area contributed by atoms with E-state index in [9.17, 15) is 4.79 Å². The molecule has 0 aliphatic rings. The molecule has 2 N–H and O–H groups in total. The van der Waals surface area contributed by atoms with E-state index in [-0.39, 0.29) is 6.61 Å². The molecule has 0 aromatic heterocycles. The number of carbonyl (C=O) groups is 1. The van der Waals surface area contributed by atoms with Crippen molar-refractivity contribution in [2.45, 2.75) is 39.5 Å². The Bertz CT molecular complexity index is 409. The van der Waals surface area contributed by atoms with Crippen LogP contribution in [0.5, 0.6) is 5.75 Å². The molecule has 0 amide bonds. The second-order valence-corrected chi connectivity index (χ2v) is 5.61. The van der Waals surface area contributed by atoms with Crippen LogP contribution < -0.4 is 4.74 Å². The predicted molar refractivity (Wildman–Crippen MR) is 78.0 cm³/mol. The van der Waals surface area contributed by atoms with Gasteiger partial charge in [-0.3, -0.25) is 4.79 Å². The van der Waals surface area contributed by atoms with Crippen molar-refractivity contribution in [2.24, 2.45) is 5.41 Å². The molecule has 0 spiro atoms. The molecule has 0 aliphatic heterocycles. The van der Waals surface area contributed by atoms with Gasteiger partial charge in [-0.05, 0) is 57.2 Å². The van der Waals surface area contributed by atoms with Crippen molar-refractivity contribution in [1.29, 1.82) is 0 Å². The molecule has 1 aromatic rings. The number of carboxylic acid groups (broad SMARTS) is 1. The van der Waals surface area contributed by atoms with Gasteiger partial charge in [0.15, 0.2) is 0 Å². The van der Waals surface area contributed by atoms with Crippen molar-refractivity contribution in [3.63, 3.8) is 0 Å². The zero-order chi connectivity index (χ0) is 15.0. The van der Waals surface area contributed by atoms with Gasteiger partial charge in [-0.15, -0.1) is 0 Å². The van der Waals surface area contributed by atoms with Crippen molar-refractivity contribution < 1.29 is 19.7 Å². The summed E-state index contributed by atoms with van der Waals surface area (Å²) in [6.07, 6.45) is 2.99. The van der Waals surface area contributed by atoms with Crippen LogP contribution in [0.25, 0.3) is 0 Å². The molecule has 20 heavy (non-hydrogen) atoms. The van der Waals surface area contributed by atoms with Crippen LogP contribution in [-0.4, -0.2) is 29.4 Å². The predicted octanol–water partition coefficient (Wildman–Crippen LogP) is 2.88. The third-order valence-corrected chi connectivity index (χ3v) is 3.37. The maximum Gasteiger partial charge on any atom is 0.309 e. The Balaban J connectivity index is 2.23. The zero-order valence-electron chi connectivity index (χ0n) is 12.3. The van der Waals surface area contributed by atoms with Crippen LogP contribution in [0.1, 0.15) is 38.7 Å². The summed E-state index contributed by atoms with van der Waals surface area (Å²) in [7, 11) is 0. The number of hydrogen-bond donors (Lipinski definition) is 2. The minimum Gasteiger partial charge on any atom is -0.494 e. The third-order valence-electron chi connectivity index (χ3n) is 3.37. The summed E-state index contributed by atoms with van der Waals surface area (Å²) >= 11 is 0. The highest BCUT2D eigenvalue weighted by atomic mass is 16.5. The quantitative estimate of drug-likeness (QED) is 0.683. The van der Waals surface area contributed by atoms with Crippen molar-refractivity contribution >= 4 is 5.97 Å². The standard InChI is InChI=1S/C16H24O4/c1-16(2,15(18)19)10-3-4-12-20-14-7-5-13(6-8-14)9-11-17/h5-8,17H,3-4,9-12H2,1-2H3,(H,18,19). The van der Waals surface area contributed by atoms with Gasteiger partial charge < -0.3 is 14.9 Å². The van der Waals surface area contributed by atoms with Crippen LogP contribution >= 0.6 is 0 Å². The number of unbranched alkanes of at least 4 members (excludes halogenated alkanes) is 1. The molecule has 4 nitrogen and oxygen atoms in total. The van der Waals surface area contributed by atoms with E-state index in [1.54, 1.807) is 13.8 Å². The molecule has 1 aromatic carbocycles. The van der Waals surface area contributed by atoms with E-state index < -0.39 is 11.4 Å². The Morgan fingerprint density at radius 3 is 2.40 bits per heavy atom. The number of aliphatic carboxylic acids is 1. The highest BCUT2D eigenvalue weighted by molar-refractivity contribution is 5.73. The second kappa shape index (κ2) is 7.90. The smallest absolute Gasteiger partial charge is 0.309 e. The third kappa shape index (κ3) is 5.61. The van der Waals surface area contributed by atoms with Gasteiger partial charge in [0, 0.05) is 6.61 Å². The van der Waals surface area contributed by atoms with Gasteiger partial charge in [0.25, 0.3) is 0 Å². The van der Waals surface area contributed by atoms with Gasteiger partial charge in [0.2, 0.25) is 0 Å². The summed E-state index contributed by atoms with van der Waals surface area (Å²) in [5.74, 6) is 0.0575. The van der Waals surface area contributed by atoms with Crippen LogP contribution in [-0.2, 0) is 11.2 Å². The fourth-order valence-electron chi connectivity index (χ4n) is 1.85. The molecule has 1 rings (SSSR count). The average molecular weight is 280 g/mol. The van der Waals surface area contributed by atoms with Crippen LogP contribution in [0.15, 0.2) is 24.3 Å². The van der Waals surface area contributed by atoms with Crippen molar-refractivity contribution in [2.75, 3.05) is 13.2 Å². The molecule has 0 heterocycles. The minimum absolute atomic E-state index is 0.152. The van der Waals surface area contributed by atoms with Gasteiger partial charge >= 0.3 is 5.97 Å². The summed E-state index contributed by atoms with van der Waals surface area (Å²) in [5, 5.41) is 17.8. The van der Waals surface area contributed by atoms with E-state index in [2.05, 4.69) is 0 Å². The van der Waals surface area contributed by atoms with Crippen molar-refractivity contribution in [1.82, 2.24) is 0 Å². The van der Waals surface area contributed by atoms with Crippen molar-refractivity contribution in [3.8, 4) is 5.75 Å². The van der Waals surface area contributed by atoms with Crippen LogP contribution in [0.2, 0.25) is 0 Å². The Hall–Kier alpha value is -1.55. The number of rotatable bonds is 9. The molecule has 0 atom stereocenters. The first kappa shape index (κ1) is 16.5. The van der Waals surface area contributed by atoms with Gasteiger partial charge in [-0.2, -0.15) is 0 Å². The molecule has 0 unspecified atom stereocenters. The molecule has 0 aliphatic carbocycles. The normalized spacial score (nSPS) is 11.3. The number of benzene rings is 1. The highest BCUT2D eigenvalue weighted by Crippen LogP contribution is 2.23. The Labute approximate surface area is 120 Å². The highest BCUT2D eigenvalue weighted by Gasteiger charge is 2.25. The molecule has 4 heteroatoms. The van der Waals surface area contributed by atoms with E-state index in [0.717, 1.165) is 24.2 Å². The Morgan fingerprint density at radius 2 is 1.85 bits per heavy atom. The first-order valence-electron chi connectivity index (χ1n) is 7.02. The van der Waals surface area contributed by atoms with E-state index >= 15 is 0 Å². The largest absolute Gasteiger partial charge is 0.494 e. The lowest BCUT2D eigenvalue weighted by molar-refractivity contribution is -0.147. The van der Waals surface area contributed by atoms with Gasteiger partial charge in [-0.1, -0.05) is 12.1 Å². The fraction of sp³-hybridized carbons (Fsp3) is 0.562. The maximum atomic E-state index is 10.9. The summed E-state index contributed by atoms with van der Waals surface area (Å²) in [4.78, 5) is 10.9.